The monoisotopic (exact) mass is 239 g/mol. The van der Waals surface area contributed by atoms with E-state index < -0.39 is 0 Å². The minimum Gasteiger partial charge on any atom is -0.469 e. The first-order valence-corrected chi connectivity index (χ1v) is 6.41. The molecular formula is C13H21NO3. The van der Waals surface area contributed by atoms with Gasteiger partial charge in [0.1, 0.15) is 0 Å². The maximum atomic E-state index is 11.7. The summed E-state index contributed by atoms with van der Waals surface area (Å²) < 4.78 is 4.84. The third-order valence-corrected chi connectivity index (χ3v) is 4.72. The van der Waals surface area contributed by atoms with Gasteiger partial charge in [0, 0.05) is 5.41 Å². The fourth-order valence-corrected chi connectivity index (χ4v) is 3.65. The predicted octanol–water partition coefficient (Wildman–Crippen LogP) is 2.60. The molecule has 96 valence electrons. The van der Waals surface area contributed by atoms with Crippen LogP contribution in [-0.2, 0) is 9.53 Å². The third-order valence-electron chi connectivity index (χ3n) is 4.72. The lowest BCUT2D eigenvalue weighted by molar-refractivity contribution is -0.148. The average Bonchev–Trinajstić information content (AvgIpc) is 2.35. The average molecular weight is 239 g/mol. The van der Waals surface area contributed by atoms with E-state index in [4.69, 9.17) is 9.94 Å². The van der Waals surface area contributed by atoms with Crippen LogP contribution in [-0.4, -0.2) is 24.0 Å². The molecule has 0 saturated heterocycles. The van der Waals surface area contributed by atoms with Gasteiger partial charge in [-0.25, -0.2) is 0 Å². The summed E-state index contributed by atoms with van der Waals surface area (Å²) in [6.45, 7) is 2.14. The molecule has 0 aromatic heterocycles. The summed E-state index contributed by atoms with van der Waals surface area (Å²) in [7, 11) is 1.44. The Labute approximate surface area is 102 Å². The molecule has 2 aliphatic carbocycles. The Hall–Kier alpha value is -1.06. The van der Waals surface area contributed by atoms with Crippen LogP contribution < -0.4 is 0 Å². The van der Waals surface area contributed by atoms with Gasteiger partial charge in [0.25, 0.3) is 0 Å². The molecule has 0 aromatic rings. The van der Waals surface area contributed by atoms with E-state index in [9.17, 15) is 4.79 Å². The number of fused-ring (bicyclic) bond motifs is 1. The molecule has 0 heterocycles. The minimum absolute atomic E-state index is 0.0314. The van der Waals surface area contributed by atoms with Crippen molar-refractivity contribution in [2.75, 3.05) is 7.11 Å². The number of esters is 1. The second-order valence-electron chi connectivity index (χ2n) is 5.55. The highest BCUT2D eigenvalue weighted by molar-refractivity contribution is 5.91. The summed E-state index contributed by atoms with van der Waals surface area (Å²) in [5.74, 6) is 0.409. The molecular weight excluding hydrogens is 218 g/mol. The second kappa shape index (κ2) is 4.67. The number of rotatable bonds is 1. The van der Waals surface area contributed by atoms with Gasteiger partial charge in [-0.1, -0.05) is 12.1 Å². The zero-order valence-electron chi connectivity index (χ0n) is 10.6. The van der Waals surface area contributed by atoms with Crippen molar-refractivity contribution in [3.63, 3.8) is 0 Å². The van der Waals surface area contributed by atoms with Gasteiger partial charge < -0.3 is 9.94 Å². The van der Waals surface area contributed by atoms with Gasteiger partial charge in [0.05, 0.1) is 18.7 Å². The minimum atomic E-state index is -0.118. The summed E-state index contributed by atoms with van der Waals surface area (Å²) in [6.07, 6.45) is 5.86. The fourth-order valence-electron chi connectivity index (χ4n) is 3.65. The van der Waals surface area contributed by atoms with Crippen LogP contribution in [0.2, 0.25) is 0 Å². The van der Waals surface area contributed by atoms with Crippen molar-refractivity contribution in [3.8, 4) is 0 Å². The Morgan fingerprint density at radius 3 is 2.88 bits per heavy atom. The van der Waals surface area contributed by atoms with Crippen molar-refractivity contribution in [1.29, 1.82) is 0 Å². The molecule has 0 spiro atoms. The number of methoxy groups -OCH3 is 1. The van der Waals surface area contributed by atoms with Gasteiger partial charge in [-0.05, 0) is 44.4 Å². The molecule has 2 fully saturated rings. The Balaban J connectivity index is 2.20. The molecule has 0 radical (unpaired) electrons. The van der Waals surface area contributed by atoms with E-state index in [1.54, 1.807) is 0 Å². The topological polar surface area (TPSA) is 58.9 Å². The van der Waals surface area contributed by atoms with Crippen LogP contribution in [0, 0.1) is 17.3 Å². The van der Waals surface area contributed by atoms with Gasteiger partial charge in [-0.3, -0.25) is 4.79 Å². The summed E-state index contributed by atoms with van der Waals surface area (Å²) >= 11 is 0. The lowest BCUT2D eigenvalue weighted by Gasteiger charge is -2.47. The van der Waals surface area contributed by atoms with E-state index in [-0.39, 0.29) is 17.3 Å². The van der Waals surface area contributed by atoms with Gasteiger partial charge in [-0.15, -0.1) is 0 Å². The van der Waals surface area contributed by atoms with Crippen LogP contribution in [0.15, 0.2) is 5.16 Å². The standard InChI is InChI=1S/C13H21NO3/c1-13-8-9(12(15)17-2)6-7-10(13)4-3-5-11(13)14-16/h9-10,16H,3-8H2,1-2H3/b14-11+/t9-,10+,13-/m0/s1. The molecule has 0 aliphatic heterocycles. The highest BCUT2D eigenvalue weighted by Gasteiger charge is 2.47. The van der Waals surface area contributed by atoms with Crippen LogP contribution in [0.5, 0.6) is 0 Å². The van der Waals surface area contributed by atoms with E-state index in [2.05, 4.69) is 12.1 Å². The van der Waals surface area contributed by atoms with Crippen molar-refractivity contribution < 1.29 is 14.7 Å². The van der Waals surface area contributed by atoms with E-state index in [1.165, 1.54) is 13.5 Å². The van der Waals surface area contributed by atoms with E-state index in [0.717, 1.165) is 37.8 Å². The molecule has 2 saturated carbocycles. The summed E-state index contributed by atoms with van der Waals surface area (Å²) in [4.78, 5) is 11.7. The number of carbonyl (C=O) groups is 1. The zero-order valence-corrected chi connectivity index (χ0v) is 10.6. The van der Waals surface area contributed by atoms with Crippen LogP contribution in [0.3, 0.4) is 0 Å². The quantitative estimate of drug-likeness (QED) is 0.434. The molecule has 4 heteroatoms. The summed E-state index contributed by atoms with van der Waals surface area (Å²) in [6, 6.07) is 0. The SMILES string of the molecule is COC(=O)[C@H]1CC[C@H]2CCC/C(=N\O)[C@@]2(C)C1. The number of oxime groups is 1. The van der Waals surface area contributed by atoms with Crippen LogP contribution >= 0.6 is 0 Å². The van der Waals surface area contributed by atoms with Crippen molar-refractivity contribution in [2.45, 2.75) is 45.4 Å². The Kier molecular flexibility index (Phi) is 3.40. The van der Waals surface area contributed by atoms with Crippen molar-refractivity contribution in [3.05, 3.63) is 0 Å². The van der Waals surface area contributed by atoms with E-state index in [0.29, 0.717) is 5.92 Å². The van der Waals surface area contributed by atoms with Gasteiger partial charge in [0.15, 0.2) is 0 Å². The van der Waals surface area contributed by atoms with E-state index >= 15 is 0 Å². The molecule has 1 N–H and O–H groups in total. The Bertz CT molecular complexity index is 340. The third kappa shape index (κ3) is 2.05. The normalized spacial score (nSPS) is 39.8. The van der Waals surface area contributed by atoms with Gasteiger partial charge in [0.2, 0.25) is 0 Å². The fraction of sp³-hybridized carbons (Fsp3) is 0.846. The lowest BCUT2D eigenvalue weighted by Crippen LogP contribution is -2.45. The highest BCUT2D eigenvalue weighted by Crippen LogP contribution is 2.50. The first kappa shape index (κ1) is 12.4. The lowest BCUT2D eigenvalue weighted by atomic mass is 9.57. The first-order valence-electron chi connectivity index (χ1n) is 6.41. The second-order valence-corrected chi connectivity index (χ2v) is 5.55. The van der Waals surface area contributed by atoms with Gasteiger partial charge in [-0.2, -0.15) is 0 Å². The van der Waals surface area contributed by atoms with Crippen LogP contribution in [0.4, 0.5) is 0 Å². The number of carbonyl (C=O) groups excluding carboxylic acids is 1. The smallest absolute Gasteiger partial charge is 0.308 e. The summed E-state index contributed by atoms with van der Waals surface area (Å²) in [5.41, 5.74) is 0.770. The maximum absolute atomic E-state index is 11.7. The number of nitrogens with zero attached hydrogens (tertiary/aromatic N) is 1. The molecule has 0 bridgehead atoms. The number of hydrogen-bond acceptors (Lipinski definition) is 4. The summed E-state index contributed by atoms with van der Waals surface area (Å²) in [5, 5.41) is 12.6. The van der Waals surface area contributed by atoms with Crippen LogP contribution in [0.25, 0.3) is 0 Å². The molecule has 4 nitrogen and oxygen atoms in total. The molecule has 0 amide bonds. The van der Waals surface area contributed by atoms with Crippen molar-refractivity contribution in [1.82, 2.24) is 0 Å². The Morgan fingerprint density at radius 2 is 2.24 bits per heavy atom. The Morgan fingerprint density at radius 1 is 1.47 bits per heavy atom. The molecule has 3 atom stereocenters. The first-order chi connectivity index (χ1) is 8.11. The van der Waals surface area contributed by atoms with Crippen molar-refractivity contribution >= 4 is 11.7 Å². The van der Waals surface area contributed by atoms with Crippen molar-refractivity contribution in [2.24, 2.45) is 22.4 Å². The largest absolute Gasteiger partial charge is 0.469 e. The molecule has 0 unspecified atom stereocenters. The van der Waals surface area contributed by atoms with E-state index in [1.807, 2.05) is 0 Å². The van der Waals surface area contributed by atoms with Crippen LogP contribution in [0.1, 0.15) is 45.4 Å². The molecule has 17 heavy (non-hydrogen) atoms. The molecule has 2 aliphatic rings. The molecule has 2 rings (SSSR count). The number of ether oxygens (including phenoxy) is 1. The highest BCUT2D eigenvalue weighted by atomic mass is 16.5. The van der Waals surface area contributed by atoms with Gasteiger partial charge >= 0.3 is 5.97 Å². The predicted molar refractivity (Wildman–Crippen MR) is 64.0 cm³/mol. The number of hydrogen-bond donors (Lipinski definition) is 1. The molecule has 0 aromatic carbocycles. The maximum Gasteiger partial charge on any atom is 0.308 e. The zero-order chi connectivity index (χ0) is 12.5.